The molecule has 0 aliphatic rings. The molecule has 2 amide bonds. The zero-order chi connectivity index (χ0) is 14.7. The van der Waals surface area contributed by atoms with Crippen LogP contribution >= 0.6 is 24.7 Å². The quantitative estimate of drug-likeness (QED) is 0.420. The second-order valence-electron chi connectivity index (χ2n) is 4.94. The molecule has 0 spiro atoms. The lowest BCUT2D eigenvalue weighted by molar-refractivity contribution is -0.123. The molecule has 7 heteroatoms. The summed E-state index contributed by atoms with van der Waals surface area (Å²) in [5.41, 5.74) is -0.207. The van der Waals surface area contributed by atoms with Crippen molar-refractivity contribution in [2.45, 2.75) is 26.7 Å². The maximum absolute atomic E-state index is 11.7. The predicted octanol–water partition coefficient (Wildman–Crippen LogP) is 1.25. The van der Waals surface area contributed by atoms with Gasteiger partial charge in [0.05, 0.1) is 6.61 Å². The van der Waals surface area contributed by atoms with Crippen molar-refractivity contribution in [2.75, 3.05) is 31.7 Å². The van der Waals surface area contributed by atoms with Crippen LogP contribution in [0.3, 0.4) is 0 Å². The number of thiol groups is 1. The van der Waals surface area contributed by atoms with Crippen molar-refractivity contribution < 1.29 is 13.8 Å². The first-order valence-electron chi connectivity index (χ1n) is 6.21. The molecular weight excluding hydrogens is 284 g/mol. The molecule has 0 aromatic carbocycles. The van der Waals surface area contributed by atoms with E-state index in [0.717, 1.165) is 0 Å². The van der Waals surface area contributed by atoms with Crippen molar-refractivity contribution in [3.05, 3.63) is 0 Å². The van der Waals surface area contributed by atoms with Gasteiger partial charge in [0, 0.05) is 37.9 Å². The lowest BCUT2D eigenvalue weighted by Gasteiger charge is -2.22. The van der Waals surface area contributed by atoms with Crippen molar-refractivity contribution in [2.24, 2.45) is 5.41 Å². The van der Waals surface area contributed by atoms with Crippen molar-refractivity contribution in [1.29, 1.82) is 0 Å². The Morgan fingerprint density at radius 1 is 1.21 bits per heavy atom. The van der Waals surface area contributed by atoms with Crippen LogP contribution in [0.1, 0.15) is 26.7 Å². The highest BCUT2D eigenvalue weighted by atomic mass is 32.2. The first-order valence-corrected chi connectivity index (χ1v) is 7.99. The van der Waals surface area contributed by atoms with E-state index in [4.69, 9.17) is 4.18 Å². The molecule has 2 N–H and O–H groups in total. The minimum atomic E-state index is -0.207. The SMILES string of the molecule is CSOCC(C)(C)CC(=O)NCCC(=O)NCCS. The molecule has 0 saturated carbocycles. The van der Waals surface area contributed by atoms with Gasteiger partial charge in [-0.05, 0) is 17.5 Å². The molecular formula is C12H24N2O3S2. The van der Waals surface area contributed by atoms with Crippen LogP contribution in [0.5, 0.6) is 0 Å². The van der Waals surface area contributed by atoms with E-state index >= 15 is 0 Å². The second kappa shape index (κ2) is 10.4. The molecule has 0 unspecified atom stereocenters. The standard InChI is InChI=1S/C12H24N2O3S2/c1-12(2,9-17-19-3)8-11(16)13-5-4-10(15)14-6-7-18/h18H,4-9H2,1-3H3,(H,13,16)(H,14,15). The van der Waals surface area contributed by atoms with Crippen LogP contribution in [0.4, 0.5) is 0 Å². The molecule has 19 heavy (non-hydrogen) atoms. The highest BCUT2D eigenvalue weighted by Crippen LogP contribution is 2.22. The van der Waals surface area contributed by atoms with Crippen LogP contribution in [-0.2, 0) is 13.8 Å². The molecule has 0 aromatic rings. The lowest BCUT2D eigenvalue weighted by atomic mass is 9.90. The first kappa shape index (κ1) is 18.6. The summed E-state index contributed by atoms with van der Waals surface area (Å²) in [5, 5.41) is 5.43. The smallest absolute Gasteiger partial charge is 0.221 e. The van der Waals surface area contributed by atoms with Crippen LogP contribution < -0.4 is 10.6 Å². The number of hydrogen-bond donors (Lipinski definition) is 3. The van der Waals surface area contributed by atoms with Gasteiger partial charge in [0.15, 0.2) is 0 Å². The molecule has 0 aliphatic heterocycles. The Morgan fingerprint density at radius 2 is 1.84 bits per heavy atom. The van der Waals surface area contributed by atoms with Crippen molar-refractivity contribution in [3.8, 4) is 0 Å². The second-order valence-corrected chi connectivity index (χ2v) is 5.96. The van der Waals surface area contributed by atoms with Gasteiger partial charge in [0.2, 0.25) is 11.8 Å². The predicted molar refractivity (Wildman–Crippen MR) is 82.4 cm³/mol. The lowest BCUT2D eigenvalue weighted by Crippen LogP contribution is -2.34. The van der Waals surface area contributed by atoms with E-state index < -0.39 is 0 Å². The van der Waals surface area contributed by atoms with Crippen LogP contribution in [0, 0.1) is 5.41 Å². The largest absolute Gasteiger partial charge is 0.356 e. The highest BCUT2D eigenvalue weighted by Gasteiger charge is 2.22. The number of amides is 2. The van der Waals surface area contributed by atoms with Gasteiger partial charge in [-0.2, -0.15) is 12.6 Å². The van der Waals surface area contributed by atoms with E-state index in [2.05, 4.69) is 23.3 Å². The molecule has 0 saturated heterocycles. The number of hydrogen-bond acceptors (Lipinski definition) is 5. The highest BCUT2D eigenvalue weighted by molar-refractivity contribution is 7.93. The molecule has 0 rings (SSSR count). The van der Waals surface area contributed by atoms with Crippen LogP contribution in [0.15, 0.2) is 0 Å². The molecule has 0 fully saturated rings. The summed E-state index contributed by atoms with van der Waals surface area (Å²) in [6, 6.07) is 0. The van der Waals surface area contributed by atoms with Gasteiger partial charge in [-0.3, -0.25) is 9.59 Å². The third-order valence-corrected chi connectivity index (χ3v) is 2.89. The Kier molecular flexibility index (Phi) is 10.2. The van der Waals surface area contributed by atoms with E-state index in [0.29, 0.717) is 38.3 Å². The normalized spacial score (nSPS) is 11.2. The minimum absolute atomic E-state index is 0.0586. The van der Waals surface area contributed by atoms with E-state index in [-0.39, 0.29) is 17.2 Å². The summed E-state index contributed by atoms with van der Waals surface area (Å²) in [6.45, 7) is 5.38. The van der Waals surface area contributed by atoms with Gasteiger partial charge in [0.25, 0.3) is 0 Å². The Balaban J connectivity index is 3.77. The monoisotopic (exact) mass is 308 g/mol. The first-order chi connectivity index (χ1) is 8.91. The van der Waals surface area contributed by atoms with Crippen LogP contribution in [0.25, 0.3) is 0 Å². The maximum atomic E-state index is 11.7. The average Bonchev–Trinajstić information content (AvgIpc) is 2.33. The zero-order valence-electron chi connectivity index (χ0n) is 11.8. The van der Waals surface area contributed by atoms with Crippen LogP contribution in [0.2, 0.25) is 0 Å². The summed E-state index contributed by atoms with van der Waals surface area (Å²) >= 11 is 5.29. The fourth-order valence-corrected chi connectivity index (χ4v) is 1.91. The van der Waals surface area contributed by atoms with E-state index in [1.54, 1.807) is 0 Å². The van der Waals surface area contributed by atoms with Crippen molar-refractivity contribution >= 4 is 36.5 Å². The van der Waals surface area contributed by atoms with Gasteiger partial charge in [-0.15, -0.1) is 0 Å². The number of nitrogens with one attached hydrogen (secondary N) is 2. The third kappa shape index (κ3) is 11.1. The number of carbonyl (C=O) groups excluding carboxylic acids is 2. The average molecular weight is 308 g/mol. The van der Waals surface area contributed by atoms with Crippen molar-refractivity contribution in [3.63, 3.8) is 0 Å². The zero-order valence-corrected chi connectivity index (χ0v) is 13.5. The van der Waals surface area contributed by atoms with E-state index in [1.165, 1.54) is 12.0 Å². The molecule has 0 bridgehead atoms. The summed E-state index contributed by atoms with van der Waals surface area (Å²) in [4.78, 5) is 23.0. The van der Waals surface area contributed by atoms with Gasteiger partial charge >= 0.3 is 0 Å². The Hall–Kier alpha value is -0.400. The molecule has 0 atom stereocenters. The number of carbonyl (C=O) groups is 2. The molecule has 0 radical (unpaired) electrons. The number of rotatable bonds is 10. The Bertz CT molecular complexity index is 286. The topological polar surface area (TPSA) is 67.4 Å². The minimum Gasteiger partial charge on any atom is -0.356 e. The fraction of sp³-hybridized carbons (Fsp3) is 0.833. The summed E-state index contributed by atoms with van der Waals surface area (Å²) in [7, 11) is 0. The molecule has 0 aromatic heterocycles. The molecule has 0 heterocycles. The van der Waals surface area contributed by atoms with Crippen LogP contribution in [-0.4, -0.2) is 43.5 Å². The molecule has 5 nitrogen and oxygen atoms in total. The van der Waals surface area contributed by atoms with Gasteiger partial charge in [0.1, 0.15) is 0 Å². The van der Waals surface area contributed by atoms with Gasteiger partial charge in [-0.1, -0.05) is 13.8 Å². The molecule has 0 aliphatic carbocycles. The van der Waals surface area contributed by atoms with Gasteiger partial charge < -0.3 is 14.8 Å². The summed E-state index contributed by atoms with van der Waals surface area (Å²) in [6.07, 6.45) is 2.52. The van der Waals surface area contributed by atoms with Crippen molar-refractivity contribution in [1.82, 2.24) is 10.6 Å². The van der Waals surface area contributed by atoms with E-state index in [9.17, 15) is 9.59 Å². The summed E-state index contributed by atoms with van der Waals surface area (Å²) < 4.78 is 5.25. The fourth-order valence-electron chi connectivity index (χ4n) is 1.37. The maximum Gasteiger partial charge on any atom is 0.221 e. The Labute approximate surface area is 125 Å². The third-order valence-electron chi connectivity index (χ3n) is 2.31. The molecule has 112 valence electrons. The summed E-state index contributed by atoms with van der Waals surface area (Å²) in [5.74, 6) is 0.484. The van der Waals surface area contributed by atoms with Gasteiger partial charge in [-0.25, -0.2) is 0 Å². The Morgan fingerprint density at radius 3 is 2.42 bits per heavy atom. The van der Waals surface area contributed by atoms with E-state index in [1.807, 2.05) is 20.1 Å².